The minimum Gasteiger partial charge on any atom is -0.372 e. The average Bonchev–Trinajstić information content (AvgIpc) is 2.87. The van der Waals surface area contributed by atoms with Gasteiger partial charge in [-0.15, -0.1) is 37.2 Å². The molecule has 36 heavy (non-hydrogen) atoms. The van der Waals surface area contributed by atoms with Crippen molar-refractivity contribution in [2.24, 2.45) is 7.05 Å². The van der Waals surface area contributed by atoms with Crippen molar-refractivity contribution in [1.29, 1.82) is 0 Å². The maximum atomic E-state index is 14.3. The Kier molecular flexibility index (Phi) is 11.0. The summed E-state index contributed by atoms with van der Waals surface area (Å²) < 4.78 is 15.8. The summed E-state index contributed by atoms with van der Waals surface area (Å²) in [6.45, 7) is 4.41. The predicted molar refractivity (Wildman–Crippen MR) is 150 cm³/mol. The van der Waals surface area contributed by atoms with Crippen LogP contribution in [0.5, 0.6) is 0 Å². The first-order chi connectivity index (χ1) is 16.1. The average molecular weight is 558 g/mol. The fourth-order valence-corrected chi connectivity index (χ4v) is 4.76. The quantitative estimate of drug-likeness (QED) is 0.513. The molecule has 2 aliphatic heterocycles. The van der Waals surface area contributed by atoms with E-state index in [1.165, 1.54) is 47.3 Å². The van der Waals surface area contributed by atoms with Gasteiger partial charge < -0.3 is 15.1 Å². The van der Waals surface area contributed by atoms with Crippen LogP contribution in [0.1, 0.15) is 30.9 Å². The van der Waals surface area contributed by atoms with Gasteiger partial charge in [0.25, 0.3) is 5.56 Å². The van der Waals surface area contributed by atoms with Crippen LogP contribution in [0.4, 0.5) is 16.0 Å². The molecule has 0 saturated carbocycles. The fraction of sp³-hybridized carbons (Fsp3) is 0.400. The number of pyridine rings is 1. The summed E-state index contributed by atoms with van der Waals surface area (Å²) in [5.41, 5.74) is 2.88. The van der Waals surface area contributed by atoms with Gasteiger partial charge in [-0.25, -0.2) is 9.37 Å². The van der Waals surface area contributed by atoms with E-state index in [9.17, 15) is 9.18 Å². The number of nitrogens with zero attached hydrogens (tertiary/aromatic N) is 5. The molecular formula is C25H32Cl3FN6O. The Labute approximate surface area is 229 Å². The van der Waals surface area contributed by atoms with Crippen molar-refractivity contribution in [2.45, 2.75) is 25.3 Å². The van der Waals surface area contributed by atoms with Gasteiger partial charge in [0, 0.05) is 69.3 Å². The highest BCUT2D eigenvalue weighted by Gasteiger charge is 2.25. The zero-order chi connectivity index (χ0) is 22.8. The Hall–Kier alpha value is -2.39. The highest BCUT2D eigenvalue weighted by molar-refractivity contribution is 5.86. The Balaban J connectivity index is 0.00000152. The van der Waals surface area contributed by atoms with Gasteiger partial charge in [-0.3, -0.25) is 14.3 Å². The van der Waals surface area contributed by atoms with Gasteiger partial charge in [0.05, 0.1) is 11.9 Å². The maximum Gasteiger partial charge on any atom is 0.255 e. The molecule has 1 aromatic carbocycles. The van der Waals surface area contributed by atoms with E-state index in [4.69, 9.17) is 0 Å². The summed E-state index contributed by atoms with van der Waals surface area (Å²) in [6, 6.07) is 11.9. The third-order valence-corrected chi connectivity index (χ3v) is 6.63. The van der Waals surface area contributed by atoms with Crippen molar-refractivity contribution in [3.05, 3.63) is 70.5 Å². The number of anilines is 2. The minimum absolute atomic E-state index is 0. The lowest BCUT2D eigenvalue weighted by Crippen LogP contribution is -2.47. The molecule has 1 N–H and O–H groups in total. The van der Waals surface area contributed by atoms with Crippen LogP contribution in [0, 0.1) is 5.82 Å². The van der Waals surface area contributed by atoms with Gasteiger partial charge in [0.2, 0.25) is 5.95 Å². The molecule has 0 aliphatic carbocycles. The van der Waals surface area contributed by atoms with Crippen LogP contribution in [0.3, 0.4) is 0 Å². The van der Waals surface area contributed by atoms with Gasteiger partial charge in [0.1, 0.15) is 0 Å². The molecule has 3 aromatic rings. The van der Waals surface area contributed by atoms with Crippen molar-refractivity contribution in [1.82, 2.24) is 19.9 Å². The summed E-state index contributed by atoms with van der Waals surface area (Å²) in [5, 5.41) is 3.58. The van der Waals surface area contributed by atoms with Gasteiger partial charge in [0.15, 0.2) is 5.82 Å². The lowest BCUT2D eigenvalue weighted by atomic mass is 10.0. The SMILES string of the molecule is Cl.Cl.Cl.Cn1c(N2CCN[C@@H](c3ccc(N4CCCCC4)cc3)C2)nc(-c2ccncc2F)cc1=O. The van der Waals surface area contributed by atoms with Crippen molar-refractivity contribution in [3.63, 3.8) is 0 Å². The van der Waals surface area contributed by atoms with E-state index in [1.807, 2.05) is 0 Å². The third-order valence-electron chi connectivity index (χ3n) is 6.63. The number of nitrogens with one attached hydrogen (secondary N) is 1. The number of hydrogen-bond donors (Lipinski definition) is 1. The Morgan fingerprint density at radius 3 is 2.39 bits per heavy atom. The normalized spacial score (nSPS) is 17.4. The zero-order valence-corrected chi connectivity index (χ0v) is 22.5. The monoisotopic (exact) mass is 556 g/mol. The second-order valence-corrected chi connectivity index (χ2v) is 8.79. The number of aromatic nitrogens is 3. The molecular weight excluding hydrogens is 526 g/mol. The molecule has 7 nitrogen and oxygen atoms in total. The number of benzene rings is 1. The summed E-state index contributed by atoms with van der Waals surface area (Å²) in [4.78, 5) is 25.7. The largest absolute Gasteiger partial charge is 0.372 e. The lowest BCUT2D eigenvalue weighted by Gasteiger charge is -2.35. The van der Waals surface area contributed by atoms with Crippen LogP contribution in [-0.2, 0) is 7.05 Å². The van der Waals surface area contributed by atoms with Crippen molar-refractivity contribution in [2.75, 3.05) is 42.5 Å². The maximum absolute atomic E-state index is 14.3. The van der Waals surface area contributed by atoms with Crippen molar-refractivity contribution < 1.29 is 4.39 Å². The van der Waals surface area contributed by atoms with Gasteiger partial charge >= 0.3 is 0 Å². The van der Waals surface area contributed by atoms with Crippen LogP contribution in [-0.4, -0.2) is 47.3 Å². The van der Waals surface area contributed by atoms with Crippen LogP contribution in [0.25, 0.3) is 11.3 Å². The van der Waals surface area contributed by atoms with Crippen molar-refractivity contribution >= 4 is 48.9 Å². The summed E-state index contributed by atoms with van der Waals surface area (Å²) in [6.07, 6.45) is 6.49. The highest BCUT2D eigenvalue weighted by atomic mass is 35.5. The van der Waals surface area contributed by atoms with Gasteiger partial charge in [-0.1, -0.05) is 12.1 Å². The molecule has 2 aliphatic rings. The predicted octanol–water partition coefficient (Wildman–Crippen LogP) is 4.39. The summed E-state index contributed by atoms with van der Waals surface area (Å²) in [5.74, 6) is 0.0568. The minimum atomic E-state index is -0.490. The molecule has 5 rings (SSSR count). The first-order valence-corrected chi connectivity index (χ1v) is 11.6. The Bertz CT molecular complexity index is 1190. The second-order valence-electron chi connectivity index (χ2n) is 8.79. The zero-order valence-electron chi connectivity index (χ0n) is 20.1. The molecule has 1 atom stereocenters. The third kappa shape index (κ3) is 6.29. The number of piperidine rings is 1. The van der Waals surface area contributed by atoms with Gasteiger partial charge in [-0.05, 0) is 43.0 Å². The molecule has 0 amide bonds. The molecule has 0 radical (unpaired) electrons. The van der Waals surface area contributed by atoms with E-state index in [0.29, 0.717) is 24.7 Å². The number of halogens is 4. The molecule has 0 unspecified atom stereocenters. The Morgan fingerprint density at radius 1 is 0.972 bits per heavy atom. The molecule has 2 fully saturated rings. The fourth-order valence-electron chi connectivity index (χ4n) is 4.76. The molecule has 0 bridgehead atoms. The second kappa shape index (κ2) is 13.2. The van der Waals surface area contributed by atoms with Gasteiger partial charge in [-0.2, -0.15) is 0 Å². The molecule has 4 heterocycles. The number of piperazine rings is 1. The van der Waals surface area contributed by atoms with E-state index in [1.54, 1.807) is 13.1 Å². The highest BCUT2D eigenvalue weighted by Crippen LogP contribution is 2.26. The number of rotatable bonds is 4. The van der Waals surface area contributed by atoms with Crippen LogP contribution in [0.2, 0.25) is 0 Å². The lowest BCUT2D eigenvalue weighted by molar-refractivity contribution is 0.462. The van der Waals surface area contributed by atoms with E-state index < -0.39 is 5.82 Å². The molecule has 2 saturated heterocycles. The van der Waals surface area contributed by atoms with E-state index in [0.717, 1.165) is 25.8 Å². The van der Waals surface area contributed by atoms with E-state index in [-0.39, 0.29) is 54.4 Å². The molecule has 2 aromatic heterocycles. The summed E-state index contributed by atoms with van der Waals surface area (Å²) >= 11 is 0. The smallest absolute Gasteiger partial charge is 0.255 e. The number of hydrogen-bond acceptors (Lipinski definition) is 6. The van der Waals surface area contributed by atoms with Crippen LogP contribution < -0.4 is 20.7 Å². The van der Waals surface area contributed by atoms with Crippen LogP contribution in [0.15, 0.2) is 53.6 Å². The van der Waals surface area contributed by atoms with E-state index in [2.05, 4.69) is 49.4 Å². The molecule has 196 valence electrons. The molecule has 11 heteroatoms. The van der Waals surface area contributed by atoms with E-state index >= 15 is 0 Å². The standard InChI is InChI=1S/C25H29FN6O.3ClH/c1-30-24(33)15-22(20-9-10-27-16-21(20)26)29-25(30)32-14-11-28-23(17-32)18-5-7-19(8-6-18)31-12-3-2-4-13-31;;;/h5-10,15-16,23,28H,2-4,11-14,17H2,1H3;3*1H/t23-;;;/m1.../s1. The summed E-state index contributed by atoms with van der Waals surface area (Å²) in [7, 11) is 1.71. The van der Waals surface area contributed by atoms with Crippen molar-refractivity contribution in [3.8, 4) is 11.3 Å². The first-order valence-electron chi connectivity index (χ1n) is 11.6. The Morgan fingerprint density at radius 2 is 1.69 bits per heavy atom. The molecule has 0 spiro atoms. The topological polar surface area (TPSA) is 66.3 Å². The first kappa shape index (κ1) is 29.8. The van der Waals surface area contributed by atoms with Crippen LogP contribution >= 0.6 is 37.2 Å².